The summed E-state index contributed by atoms with van der Waals surface area (Å²) in [6.07, 6.45) is 0. The topological polar surface area (TPSA) is 26.3 Å². The van der Waals surface area contributed by atoms with Crippen LogP contribution in [0.1, 0.15) is 54.7 Å². The van der Waals surface area contributed by atoms with Crippen molar-refractivity contribution in [2.75, 3.05) is 0 Å². The molecule has 0 N–H and O–H groups in total. The van der Waals surface area contributed by atoms with E-state index in [0.717, 1.165) is 28.0 Å². The molecule has 0 aliphatic carbocycles. The smallest absolute Gasteiger partial charge is 0.160 e. The number of aryl methyl sites for hydroxylation is 1. The maximum Gasteiger partial charge on any atom is 0.160 e. The fraction of sp³-hybridized carbons (Fsp3) is 0.350. The minimum Gasteiger partial charge on any atom is -0.489 e. The third kappa shape index (κ3) is 3.76. The Morgan fingerprint density at radius 1 is 1.09 bits per heavy atom. The molecule has 0 fully saturated rings. The summed E-state index contributed by atoms with van der Waals surface area (Å²) >= 11 is 0. The van der Waals surface area contributed by atoms with Gasteiger partial charge in [-0.2, -0.15) is 0 Å². The van der Waals surface area contributed by atoms with E-state index in [9.17, 15) is 4.79 Å². The van der Waals surface area contributed by atoms with E-state index in [1.165, 1.54) is 0 Å². The Hall–Kier alpha value is -2.09. The fourth-order valence-corrected chi connectivity index (χ4v) is 2.50. The van der Waals surface area contributed by atoms with Crippen LogP contribution in [0.3, 0.4) is 0 Å². The summed E-state index contributed by atoms with van der Waals surface area (Å²) in [6, 6.07) is 14.1. The van der Waals surface area contributed by atoms with E-state index >= 15 is 0 Å². The third-order valence-electron chi connectivity index (χ3n) is 3.75. The predicted molar refractivity (Wildman–Crippen MR) is 90.7 cm³/mol. The zero-order valence-corrected chi connectivity index (χ0v) is 14.1. The van der Waals surface area contributed by atoms with E-state index < -0.39 is 0 Å². The first kappa shape index (κ1) is 16.3. The van der Waals surface area contributed by atoms with Crippen molar-refractivity contribution in [1.82, 2.24) is 0 Å². The lowest BCUT2D eigenvalue weighted by atomic mass is 9.84. The van der Waals surface area contributed by atoms with Crippen LogP contribution in [-0.4, -0.2) is 5.78 Å². The summed E-state index contributed by atoms with van der Waals surface area (Å²) < 4.78 is 6.05. The van der Waals surface area contributed by atoms with Crippen molar-refractivity contribution in [2.45, 2.75) is 46.6 Å². The predicted octanol–water partition coefficient (Wildman–Crippen LogP) is 5.07. The monoisotopic (exact) mass is 296 g/mol. The van der Waals surface area contributed by atoms with Gasteiger partial charge < -0.3 is 4.74 Å². The first-order chi connectivity index (χ1) is 10.3. The van der Waals surface area contributed by atoms with Crippen molar-refractivity contribution in [3.8, 4) is 5.75 Å². The van der Waals surface area contributed by atoms with Gasteiger partial charge in [0.2, 0.25) is 0 Å². The quantitative estimate of drug-likeness (QED) is 0.736. The highest BCUT2D eigenvalue weighted by Crippen LogP contribution is 2.34. The van der Waals surface area contributed by atoms with Gasteiger partial charge >= 0.3 is 0 Å². The molecule has 2 aromatic rings. The van der Waals surface area contributed by atoms with Crippen molar-refractivity contribution < 1.29 is 9.53 Å². The minimum absolute atomic E-state index is 0.0794. The van der Waals surface area contributed by atoms with Gasteiger partial charge in [-0.25, -0.2) is 0 Å². The van der Waals surface area contributed by atoms with Gasteiger partial charge in [0, 0.05) is 11.1 Å². The second kappa shape index (κ2) is 6.35. The number of ether oxygens (including phenoxy) is 1. The van der Waals surface area contributed by atoms with Crippen molar-refractivity contribution in [3.05, 3.63) is 64.7 Å². The lowest BCUT2D eigenvalue weighted by Gasteiger charge is -2.24. The van der Waals surface area contributed by atoms with E-state index in [1.54, 1.807) is 6.92 Å². The molecule has 0 spiro atoms. The summed E-state index contributed by atoms with van der Waals surface area (Å²) in [6.45, 7) is 10.5. The van der Waals surface area contributed by atoms with Crippen molar-refractivity contribution in [3.63, 3.8) is 0 Å². The molecule has 0 aliphatic heterocycles. The summed E-state index contributed by atoms with van der Waals surface area (Å²) in [5.74, 6) is 0.955. The molecule has 22 heavy (non-hydrogen) atoms. The molecule has 0 unspecified atom stereocenters. The van der Waals surface area contributed by atoms with Crippen LogP contribution in [0.4, 0.5) is 0 Å². The molecule has 0 amide bonds. The molecule has 0 saturated carbocycles. The average Bonchev–Trinajstić information content (AvgIpc) is 2.44. The SMILES string of the molecule is CC(=O)c1cc(C(C)(C)C)c(OCc2ccccc2)cc1C. The van der Waals surface area contributed by atoms with Gasteiger partial charge in [0.1, 0.15) is 12.4 Å². The number of rotatable bonds is 4. The van der Waals surface area contributed by atoms with Crippen molar-refractivity contribution in [2.24, 2.45) is 0 Å². The number of hydrogen-bond donors (Lipinski definition) is 0. The first-order valence-electron chi connectivity index (χ1n) is 7.62. The van der Waals surface area contributed by atoms with Crippen LogP contribution in [0.15, 0.2) is 42.5 Å². The van der Waals surface area contributed by atoms with Crippen LogP contribution in [0, 0.1) is 6.92 Å². The van der Waals surface area contributed by atoms with Crippen LogP contribution in [-0.2, 0) is 12.0 Å². The van der Waals surface area contributed by atoms with Crippen LogP contribution in [0.2, 0.25) is 0 Å². The zero-order chi connectivity index (χ0) is 16.3. The Kier molecular flexibility index (Phi) is 4.70. The van der Waals surface area contributed by atoms with Gasteiger partial charge in [-0.1, -0.05) is 51.1 Å². The lowest BCUT2D eigenvalue weighted by molar-refractivity contribution is 0.101. The van der Waals surface area contributed by atoms with E-state index in [-0.39, 0.29) is 11.2 Å². The molecule has 2 heteroatoms. The Labute approximate surface area is 133 Å². The molecular formula is C20H24O2. The Morgan fingerprint density at radius 3 is 2.27 bits per heavy atom. The summed E-state index contributed by atoms with van der Waals surface area (Å²) in [4.78, 5) is 11.8. The van der Waals surface area contributed by atoms with E-state index in [4.69, 9.17) is 4.74 Å². The Morgan fingerprint density at radius 2 is 1.73 bits per heavy atom. The molecule has 0 atom stereocenters. The van der Waals surface area contributed by atoms with Crippen molar-refractivity contribution in [1.29, 1.82) is 0 Å². The standard InChI is InChI=1S/C20H24O2/c1-14-11-19(22-13-16-9-7-6-8-10-16)18(20(3,4)5)12-17(14)15(2)21/h6-12H,13H2,1-5H3. The van der Waals surface area contributed by atoms with Gasteiger partial charge in [-0.05, 0) is 42.5 Å². The minimum atomic E-state index is -0.0794. The molecule has 0 aliphatic rings. The highest BCUT2D eigenvalue weighted by atomic mass is 16.5. The van der Waals surface area contributed by atoms with E-state index in [0.29, 0.717) is 6.61 Å². The molecule has 0 radical (unpaired) electrons. The Bertz CT molecular complexity index is 664. The molecule has 2 rings (SSSR count). The van der Waals surface area contributed by atoms with Crippen LogP contribution >= 0.6 is 0 Å². The molecule has 2 aromatic carbocycles. The normalized spacial score (nSPS) is 11.3. The highest BCUT2D eigenvalue weighted by Gasteiger charge is 2.22. The fourth-order valence-electron chi connectivity index (χ4n) is 2.50. The average molecular weight is 296 g/mol. The second-order valence-electron chi connectivity index (χ2n) is 6.74. The largest absolute Gasteiger partial charge is 0.489 e. The molecule has 2 nitrogen and oxygen atoms in total. The molecule has 116 valence electrons. The van der Waals surface area contributed by atoms with Gasteiger partial charge in [0.15, 0.2) is 5.78 Å². The number of carbonyl (C=O) groups is 1. The van der Waals surface area contributed by atoms with Crippen LogP contribution in [0.5, 0.6) is 5.75 Å². The number of Topliss-reactive ketones (excluding diaryl/α,β-unsaturated/α-hetero) is 1. The van der Waals surface area contributed by atoms with E-state index in [2.05, 4.69) is 20.8 Å². The number of carbonyl (C=O) groups excluding carboxylic acids is 1. The summed E-state index contributed by atoms with van der Waals surface area (Å²) in [7, 11) is 0. The Balaban J connectivity index is 2.37. The summed E-state index contributed by atoms with van der Waals surface area (Å²) in [5, 5.41) is 0. The maximum absolute atomic E-state index is 11.8. The lowest BCUT2D eigenvalue weighted by Crippen LogP contribution is -2.15. The molecule has 0 saturated heterocycles. The van der Waals surface area contributed by atoms with Gasteiger partial charge in [-0.3, -0.25) is 4.79 Å². The number of benzene rings is 2. The summed E-state index contributed by atoms with van der Waals surface area (Å²) in [5.41, 5.74) is 3.86. The third-order valence-corrected chi connectivity index (χ3v) is 3.75. The van der Waals surface area contributed by atoms with Gasteiger partial charge in [-0.15, -0.1) is 0 Å². The molecule has 0 bridgehead atoms. The van der Waals surface area contributed by atoms with E-state index in [1.807, 2.05) is 49.4 Å². The molecular weight excluding hydrogens is 272 g/mol. The number of ketones is 1. The number of hydrogen-bond acceptors (Lipinski definition) is 2. The van der Waals surface area contributed by atoms with Crippen LogP contribution < -0.4 is 4.74 Å². The zero-order valence-electron chi connectivity index (χ0n) is 14.1. The van der Waals surface area contributed by atoms with Crippen molar-refractivity contribution >= 4 is 5.78 Å². The molecule has 0 heterocycles. The van der Waals surface area contributed by atoms with Gasteiger partial charge in [0.25, 0.3) is 0 Å². The highest BCUT2D eigenvalue weighted by molar-refractivity contribution is 5.96. The van der Waals surface area contributed by atoms with Gasteiger partial charge in [0.05, 0.1) is 0 Å². The molecule has 0 aromatic heterocycles. The second-order valence-corrected chi connectivity index (χ2v) is 6.74. The maximum atomic E-state index is 11.8. The first-order valence-corrected chi connectivity index (χ1v) is 7.62. The van der Waals surface area contributed by atoms with Crippen LogP contribution in [0.25, 0.3) is 0 Å².